The molecule has 0 radical (unpaired) electrons. The molecule has 12 heteroatoms. The average molecular weight is 547 g/mol. The van der Waals surface area contributed by atoms with Gasteiger partial charge in [-0.05, 0) is 29.7 Å². The summed E-state index contributed by atoms with van der Waals surface area (Å²) in [5.74, 6) is -0.147. The molecule has 1 aromatic carbocycles. The molecular weight excluding hydrogens is 520 g/mol. The Labute approximate surface area is 230 Å². The van der Waals surface area contributed by atoms with Crippen LogP contribution in [0.25, 0.3) is 0 Å². The molecule has 0 spiro atoms. The number of hydrogen-bond donors (Lipinski definition) is 3. The number of nitriles is 1. The van der Waals surface area contributed by atoms with E-state index in [1.165, 1.54) is 24.3 Å². The third kappa shape index (κ3) is 5.19. The summed E-state index contributed by atoms with van der Waals surface area (Å²) >= 11 is 6.18. The van der Waals surface area contributed by atoms with Gasteiger partial charge in [0.25, 0.3) is 11.5 Å². The molecule has 1 amide bonds. The molecule has 0 unspecified atom stereocenters. The van der Waals surface area contributed by atoms with Crippen molar-refractivity contribution in [2.45, 2.75) is 19.9 Å². The maximum atomic E-state index is 13.6. The van der Waals surface area contributed by atoms with Gasteiger partial charge in [-0.25, -0.2) is 4.98 Å². The normalized spacial score (nSPS) is 16.4. The highest BCUT2D eigenvalue weighted by molar-refractivity contribution is 6.52. The number of benzene rings is 1. The predicted octanol–water partition coefficient (Wildman–Crippen LogP) is 3.89. The Bertz CT molecular complexity index is 1570. The van der Waals surface area contributed by atoms with Crippen molar-refractivity contribution >= 4 is 40.5 Å². The third-order valence-corrected chi connectivity index (χ3v) is 6.39. The van der Waals surface area contributed by atoms with Gasteiger partial charge in [-0.15, -0.1) is 0 Å². The van der Waals surface area contributed by atoms with Gasteiger partial charge < -0.3 is 19.9 Å². The maximum absolute atomic E-state index is 13.6. The summed E-state index contributed by atoms with van der Waals surface area (Å²) in [5, 5.41) is 21.7. The molecule has 39 heavy (non-hydrogen) atoms. The standard InChI is InChI=1S/C27H27ClN8O3/c1-14(2)22(33-18-13-32-27(35(3)4)34-25(18)39-5)20-21(30)26(38)36(19-10-17(28)12-31-24(19)37)23(20)16-8-6-15(11-29)7-9-16/h6-10,12-14,23,30,33H,1-5H3,(H,31,37)/b22-20+,30-21?/t23-/m1/s1. The van der Waals surface area contributed by atoms with E-state index < -0.39 is 17.5 Å². The number of carbonyl (C=O) groups is 1. The van der Waals surface area contributed by atoms with Crippen molar-refractivity contribution in [2.75, 3.05) is 36.3 Å². The SMILES string of the molecule is COc1nc(N(C)C)ncc1N/C(=C1\C(=N)C(=O)N(c2cc(Cl)c[nH]c2=O)[C@@H]1c1ccc(C#N)cc1)C(C)C. The van der Waals surface area contributed by atoms with Gasteiger partial charge >= 0.3 is 0 Å². The minimum atomic E-state index is -0.866. The van der Waals surface area contributed by atoms with Crippen LogP contribution >= 0.6 is 11.6 Å². The minimum absolute atomic E-state index is 0.000894. The quantitative estimate of drug-likeness (QED) is 0.403. The zero-order valence-electron chi connectivity index (χ0n) is 22.0. The number of amides is 1. The number of hydrogen-bond acceptors (Lipinski definition) is 9. The summed E-state index contributed by atoms with van der Waals surface area (Å²) in [4.78, 5) is 40.9. The lowest BCUT2D eigenvalue weighted by Gasteiger charge is -2.27. The lowest BCUT2D eigenvalue weighted by Crippen LogP contribution is -2.33. The average Bonchev–Trinajstić information content (AvgIpc) is 3.18. The molecule has 11 nitrogen and oxygen atoms in total. The van der Waals surface area contributed by atoms with Gasteiger partial charge in [0.05, 0.1) is 36.0 Å². The fourth-order valence-electron chi connectivity index (χ4n) is 4.31. The lowest BCUT2D eigenvalue weighted by atomic mass is 9.92. The largest absolute Gasteiger partial charge is 0.479 e. The van der Waals surface area contributed by atoms with E-state index in [0.29, 0.717) is 34.0 Å². The van der Waals surface area contributed by atoms with Crippen molar-refractivity contribution < 1.29 is 9.53 Å². The van der Waals surface area contributed by atoms with E-state index in [-0.39, 0.29) is 28.2 Å². The molecule has 1 atom stereocenters. The Morgan fingerprint density at radius 3 is 2.56 bits per heavy atom. The second kappa shape index (κ2) is 11.0. The van der Waals surface area contributed by atoms with E-state index in [0.717, 1.165) is 0 Å². The number of H-pyrrole nitrogens is 1. The van der Waals surface area contributed by atoms with E-state index in [4.69, 9.17) is 21.7 Å². The molecule has 1 fully saturated rings. The Hall–Kier alpha value is -4.69. The molecule has 0 bridgehead atoms. The minimum Gasteiger partial charge on any atom is -0.479 e. The third-order valence-electron chi connectivity index (χ3n) is 6.17. The van der Waals surface area contributed by atoms with Crippen LogP contribution in [0.15, 0.2) is 58.8 Å². The highest BCUT2D eigenvalue weighted by atomic mass is 35.5. The zero-order valence-corrected chi connectivity index (χ0v) is 22.8. The molecule has 1 saturated heterocycles. The molecule has 0 aliphatic carbocycles. The van der Waals surface area contributed by atoms with Crippen LogP contribution in [0.2, 0.25) is 5.02 Å². The highest BCUT2D eigenvalue weighted by Crippen LogP contribution is 2.42. The smallest absolute Gasteiger partial charge is 0.277 e. The number of halogens is 1. The number of aromatic nitrogens is 3. The summed E-state index contributed by atoms with van der Waals surface area (Å²) in [6.07, 6.45) is 2.90. The molecule has 2 aromatic heterocycles. The number of aromatic amines is 1. The Morgan fingerprint density at radius 1 is 1.28 bits per heavy atom. The summed E-state index contributed by atoms with van der Waals surface area (Å²) < 4.78 is 5.50. The number of nitrogens with zero attached hydrogens (tertiary/aromatic N) is 5. The number of carbonyl (C=O) groups excluding carboxylic acids is 1. The number of methoxy groups -OCH3 is 1. The molecule has 4 rings (SSSR count). The van der Waals surface area contributed by atoms with Crippen LogP contribution in [0.1, 0.15) is 31.0 Å². The van der Waals surface area contributed by atoms with Crippen LogP contribution < -0.4 is 25.4 Å². The van der Waals surface area contributed by atoms with Crippen molar-refractivity contribution in [2.24, 2.45) is 5.92 Å². The first kappa shape index (κ1) is 27.3. The van der Waals surface area contributed by atoms with Crippen LogP contribution in [0, 0.1) is 22.7 Å². The van der Waals surface area contributed by atoms with Gasteiger partial charge in [-0.3, -0.25) is 19.9 Å². The van der Waals surface area contributed by atoms with Gasteiger partial charge in [0.1, 0.15) is 17.1 Å². The van der Waals surface area contributed by atoms with Crippen molar-refractivity contribution in [1.82, 2.24) is 15.0 Å². The Morgan fingerprint density at radius 2 is 1.97 bits per heavy atom. The molecule has 1 aliphatic rings. The fraction of sp³-hybridized carbons (Fsp3) is 0.259. The topological polar surface area (TPSA) is 151 Å². The van der Waals surface area contributed by atoms with Crippen molar-refractivity contribution in [1.29, 1.82) is 10.7 Å². The Kier molecular flexibility index (Phi) is 7.69. The van der Waals surface area contributed by atoms with Crippen molar-refractivity contribution in [3.8, 4) is 11.9 Å². The van der Waals surface area contributed by atoms with Gasteiger partial charge in [0.15, 0.2) is 0 Å². The van der Waals surface area contributed by atoms with Crippen molar-refractivity contribution in [3.05, 3.63) is 80.5 Å². The zero-order chi connectivity index (χ0) is 28.4. The summed E-state index contributed by atoms with van der Waals surface area (Å²) in [5.41, 5.74) is 1.56. The number of ether oxygens (including phenoxy) is 1. The molecule has 3 N–H and O–H groups in total. The molecule has 3 heterocycles. The predicted molar refractivity (Wildman–Crippen MR) is 150 cm³/mol. The number of nitrogens with one attached hydrogen (secondary N) is 3. The summed E-state index contributed by atoms with van der Waals surface area (Å²) in [6.45, 7) is 3.83. The van der Waals surface area contributed by atoms with Gasteiger partial charge in [-0.1, -0.05) is 37.6 Å². The van der Waals surface area contributed by atoms with Gasteiger partial charge in [-0.2, -0.15) is 10.2 Å². The molecule has 3 aromatic rings. The van der Waals surface area contributed by atoms with Gasteiger partial charge in [0, 0.05) is 31.6 Å². The fourth-order valence-corrected chi connectivity index (χ4v) is 4.47. The van der Waals surface area contributed by atoms with E-state index in [2.05, 4.69) is 26.3 Å². The van der Waals surface area contributed by atoms with E-state index >= 15 is 0 Å². The number of pyridine rings is 1. The lowest BCUT2D eigenvalue weighted by molar-refractivity contribution is -0.112. The molecule has 0 saturated carbocycles. The van der Waals surface area contributed by atoms with Crippen LogP contribution in [-0.2, 0) is 4.79 Å². The maximum Gasteiger partial charge on any atom is 0.277 e. The second-order valence-electron chi connectivity index (χ2n) is 9.31. The molecular formula is C27H27ClN8O3. The first-order valence-electron chi connectivity index (χ1n) is 12.0. The monoisotopic (exact) mass is 546 g/mol. The van der Waals surface area contributed by atoms with E-state index in [9.17, 15) is 14.9 Å². The van der Waals surface area contributed by atoms with Gasteiger partial charge in [0.2, 0.25) is 11.8 Å². The van der Waals surface area contributed by atoms with E-state index in [1.807, 2.05) is 27.9 Å². The van der Waals surface area contributed by atoms with Crippen LogP contribution in [0.3, 0.4) is 0 Å². The first-order valence-corrected chi connectivity index (χ1v) is 12.3. The highest BCUT2D eigenvalue weighted by Gasteiger charge is 2.45. The van der Waals surface area contributed by atoms with E-state index in [1.54, 1.807) is 35.4 Å². The summed E-state index contributed by atoms with van der Waals surface area (Å²) in [6, 6.07) is 9.26. The van der Waals surface area contributed by atoms with Crippen LogP contribution in [0.5, 0.6) is 5.88 Å². The molecule has 200 valence electrons. The van der Waals surface area contributed by atoms with Crippen molar-refractivity contribution in [3.63, 3.8) is 0 Å². The Balaban J connectivity index is 1.97. The number of rotatable bonds is 7. The first-order chi connectivity index (χ1) is 18.6. The second-order valence-corrected chi connectivity index (χ2v) is 9.75. The summed E-state index contributed by atoms with van der Waals surface area (Å²) in [7, 11) is 5.11. The number of anilines is 3. The molecule has 1 aliphatic heterocycles. The van der Waals surface area contributed by atoms with Crippen LogP contribution in [0.4, 0.5) is 17.3 Å². The van der Waals surface area contributed by atoms with Crippen LogP contribution in [-0.4, -0.2) is 47.8 Å². The number of allylic oxidation sites excluding steroid dienone is 1.